The third-order valence-electron chi connectivity index (χ3n) is 1.59. The van der Waals surface area contributed by atoms with Crippen LogP contribution in [0.5, 0.6) is 0 Å². The lowest BCUT2D eigenvalue weighted by atomic mass is 10.2. The van der Waals surface area contributed by atoms with Gasteiger partial charge in [-0.3, -0.25) is 0 Å². The summed E-state index contributed by atoms with van der Waals surface area (Å²) in [5, 5.41) is 3.68. The van der Waals surface area contributed by atoms with Crippen molar-refractivity contribution in [1.29, 1.82) is 0 Å². The molecule has 0 atom stereocenters. The van der Waals surface area contributed by atoms with Crippen molar-refractivity contribution in [1.82, 2.24) is 0 Å². The van der Waals surface area contributed by atoms with Crippen LogP contribution in [-0.2, 0) is 14.4 Å². The fourth-order valence-corrected chi connectivity index (χ4v) is 0.982. The first-order chi connectivity index (χ1) is 5.84. The molecule has 0 amide bonds. The summed E-state index contributed by atoms with van der Waals surface area (Å²) in [5.41, 5.74) is 0.411. The second kappa shape index (κ2) is 4.74. The van der Waals surface area contributed by atoms with Gasteiger partial charge in [0.05, 0.1) is 6.61 Å². The number of carbonyl (C=O) groups excluding carboxylic acids is 1. The van der Waals surface area contributed by atoms with E-state index in [4.69, 9.17) is 9.57 Å². The smallest absolute Gasteiger partial charge is 0.356 e. The van der Waals surface area contributed by atoms with Gasteiger partial charge in [-0.05, 0) is 19.8 Å². The average molecular weight is 171 g/mol. The van der Waals surface area contributed by atoms with Crippen molar-refractivity contribution in [3.8, 4) is 0 Å². The molecule has 0 aliphatic carbocycles. The van der Waals surface area contributed by atoms with Crippen LogP contribution in [0, 0.1) is 0 Å². The first-order valence-corrected chi connectivity index (χ1v) is 4.20. The Kier molecular flexibility index (Phi) is 3.57. The molecule has 0 aromatic carbocycles. The highest BCUT2D eigenvalue weighted by atomic mass is 16.6. The van der Waals surface area contributed by atoms with Crippen molar-refractivity contribution >= 4 is 11.7 Å². The Balaban J connectivity index is 2.47. The maximum atomic E-state index is 11.1. The second-order valence-electron chi connectivity index (χ2n) is 2.55. The van der Waals surface area contributed by atoms with Gasteiger partial charge in [-0.25, -0.2) is 4.79 Å². The lowest BCUT2D eigenvalue weighted by Gasteiger charge is -2.00. The molecule has 0 unspecified atom stereocenters. The number of hydrogen-bond acceptors (Lipinski definition) is 4. The fraction of sp³-hybridized carbons (Fsp3) is 0.750. The first kappa shape index (κ1) is 9.03. The van der Waals surface area contributed by atoms with E-state index in [9.17, 15) is 4.79 Å². The monoisotopic (exact) mass is 171 g/mol. The van der Waals surface area contributed by atoms with Crippen molar-refractivity contribution in [3.63, 3.8) is 0 Å². The van der Waals surface area contributed by atoms with Gasteiger partial charge in [0.1, 0.15) is 6.61 Å². The zero-order valence-corrected chi connectivity index (χ0v) is 7.21. The summed E-state index contributed by atoms with van der Waals surface area (Å²) in [6, 6.07) is 0. The highest BCUT2D eigenvalue weighted by molar-refractivity contribution is 6.36. The average Bonchev–Trinajstić information content (AvgIpc) is 2.32. The summed E-state index contributed by atoms with van der Waals surface area (Å²) in [6.45, 7) is 2.76. The fourth-order valence-electron chi connectivity index (χ4n) is 0.982. The van der Waals surface area contributed by atoms with Crippen LogP contribution in [0.1, 0.15) is 26.2 Å². The predicted molar refractivity (Wildman–Crippen MR) is 43.9 cm³/mol. The highest BCUT2D eigenvalue weighted by Gasteiger charge is 2.14. The molecule has 0 spiro atoms. The number of ether oxygens (including phenoxy) is 1. The Morgan fingerprint density at radius 1 is 1.67 bits per heavy atom. The van der Waals surface area contributed by atoms with Crippen molar-refractivity contribution in [2.75, 3.05) is 13.2 Å². The minimum absolute atomic E-state index is 0.348. The maximum absolute atomic E-state index is 11.1. The van der Waals surface area contributed by atoms with Crippen LogP contribution in [0.15, 0.2) is 5.16 Å². The third-order valence-corrected chi connectivity index (χ3v) is 1.59. The number of rotatable bonds is 2. The van der Waals surface area contributed by atoms with Gasteiger partial charge in [-0.1, -0.05) is 5.16 Å². The molecule has 4 heteroatoms. The summed E-state index contributed by atoms with van der Waals surface area (Å²) >= 11 is 0. The molecular formula is C8H13NO3. The van der Waals surface area contributed by atoms with Crippen molar-refractivity contribution in [3.05, 3.63) is 0 Å². The van der Waals surface area contributed by atoms with E-state index in [1.165, 1.54) is 0 Å². The molecular weight excluding hydrogens is 158 g/mol. The van der Waals surface area contributed by atoms with Crippen LogP contribution in [-0.4, -0.2) is 24.9 Å². The maximum Gasteiger partial charge on any atom is 0.356 e. The molecule has 4 nitrogen and oxygen atoms in total. The molecule has 1 rings (SSSR count). The molecule has 0 fully saturated rings. The molecule has 0 saturated carbocycles. The van der Waals surface area contributed by atoms with Crippen LogP contribution in [0.2, 0.25) is 0 Å². The van der Waals surface area contributed by atoms with Crippen LogP contribution in [0.3, 0.4) is 0 Å². The van der Waals surface area contributed by atoms with Gasteiger partial charge >= 0.3 is 5.97 Å². The molecule has 1 aliphatic heterocycles. The number of esters is 1. The summed E-state index contributed by atoms with van der Waals surface area (Å²) in [4.78, 5) is 16.0. The van der Waals surface area contributed by atoms with E-state index in [1.54, 1.807) is 6.92 Å². The number of hydrogen-bond donors (Lipinski definition) is 0. The Hall–Kier alpha value is -1.06. The van der Waals surface area contributed by atoms with Crippen molar-refractivity contribution < 1.29 is 14.4 Å². The normalized spacial score (nSPS) is 17.2. The van der Waals surface area contributed by atoms with Crippen molar-refractivity contribution in [2.24, 2.45) is 5.16 Å². The van der Waals surface area contributed by atoms with E-state index in [2.05, 4.69) is 5.16 Å². The van der Waals surface area contributed by atoms with Gasteiger partial charge in [0.2, 0.25) is 0 Å². The lowest BCUT2D eigenvalue weighted by molar-refractivity contribution is -0.135. The van der Waals surface area contributed by atoms with Crippen LogP contribution in [0.25, 0.3) is 0 Å². The zero-order chi connectivity index (χ0) is 8.81. The third kappa shape index (κ3) is 2.53. The Labute approximate surface area is 71.5 Å². The van der Waals surface area contributed by atoms with Gasteiger partial charge in [-0.15, -0.1) is 0 Å². The van der Waals surface area contributed by atoms with Gasteiger partial charge in [0, 0.05) is 6.42 Å². The number of carbonyl (C=O) groups is 1. The van der Waals surface area contributed by atoms with Crippen molar-refractivity contribution in [2.45, 2.75) is 26.2 Å². The molecule has 0 radical (unpaired) electrons. The predicted octanol–water partition coefficient (Wildman–Crippen LogP) is 1.11. The Morgan fingerprint density at radius 3 is 3.25 bits per heavy atom. The van der Waals surface area contributed by atoms with Crippen LogP contribution in [0.4, 0.5) is 0 Å². The highest BCUT2D eigenvalue weighted by Crippen LogP contribution is 2.05. The molecule has 0 bridgehead atoms. The molecule has 1 aliphatic rings. The summed E-state index contributed by atoms with van der Waals surface area (Å²) in [7, 11) is 0. The molecule has 1 heterocycles. The van der Waals surface area contributed by atoms with E-state index in [1.807, 2.05) is 0 Å². The van der Waals surface area contributed by atoms with Gasteiger partial charge in [0.15, 0.2) is 5.71 Å². The summed E-state index contributed by atoms with van der Waals surface area (Å²) in [6.07, 6.45) is 2.56. The van der Waals surface area contributed by atoms with Gasteiger partial charge in [0.25, 0.3) is 0 Å². The molecule has 12 heavy (non-hydrogen) atoms. The van der Waals surface area contributed by atoms with E-state index < -0.39 is 0 Å². The van der Waals surface area contributed by atoms with E-state index in [0.29, 0.717) is 25.3 Å². The van der Waals surface area contributed by atoms with Crippen LogP contribution < -0.4 is 0 Å². The second-order valence-corrected chi connectivity index (χ2v) is 2.55. The van der Waals surface area contributed by atoms with Crippen LogP contribution >= 0.6 is 0 Å². The topological polar surface area (TPSA) is 47.9 Å². The number of oxime groups is 1. The minimum atomic E-state index is -0.348. The van der Waals surface area contributed by atoms with Gasteiger partial charge in [-0.2, -0.15) is 0 Å². The molecule has 0 saturated heterocycles. The molecule has 0 N–H and O–H groups in total. The van der Waals surface area contributed by atoms with E-state index >= 15 is 0 Å². The van der Waals surface area contributed by atoms with E-state index in [-0.39, 0.29) is 5.97 Å². The van der Waals surface area contributed by atoms with E-state index in [0.717, 1.165) is 12.8 Å². The molecule has 0 aromatic heterocycles. The molecule has 68 valence electrons. The minimum Gasteiger partial charge on any atom is -0.461 e. The Morgan fingerprint density at radius 2 is 2.50 bits per heavy atom. The SMILES string of the molecule is CCOC(=O)C1=NOCCCC1. The Bertz CT molecular complexity index is 189. The standard InChI is InChI=1S/C8H13NO3/c1-2-11-8(10)7-5-3-4-6-12-9-7/h2-6H2,1H3. The quantitative estimate of drug-likeness (QED) is 0.584. The zero-order valence-electron chi connectivity index (χ0n) is 7.21. The molecule has 0 aromatic rings. The number of nitrogens with zero attached hydrogens (tertiary/aromatic N) is 1. The lowest BCUT2D eigenvalue weighted by Crippen LogP contribution is -2.17. The first-order valence-electron chi connectivity index (χ1n) is 4.20. The summed E-state index contributed by atoms with van der Waals surface area (Å²) in [5.74, 6) is -0.348. The largest absolute Gasteiger partial charge is 0.461 e. The summed E-state index contributed by atoms with van der Waals surface area (Å²) < 4.78 is 4.79. The van der Waals surface area contributed by atoms with Gasteiger partial charge < -0.3 is 9.57 Å².